The summed E-state index contributed by atoms with van der Waals surface area (Å²) in [4.78, 5) is 74.6. The highest BCUT2D eigenvalue weighted by Crippen LogP contribution is 2.27. The number of carboxylic acid groups (broad SMARTS) is 3. The van der Waals surface area contributed by atoms with Gasteiger partial charge in [0.2, 0.25) is 0 Å². The summed E-state index contributed by atoms with van der Waals surface area (Å²) in [5, 5.41) is 65.6. The number of aromatic amines is 3. The maximum atomic E-state index is 10.8. The third kappa shape index (κ3) is 13.2. The van der Waals surface area contributed by atoms with E-state index in [4.69, 9.17) is 55.9 Å². The number of aromatic carboxylic acids is 3. The number of nitrogens with zero attached hydrogens (tertiary/aromatic N) is 6. The monoisotopic (exact) mass is 952 g/mol. The van der Waals surface area contributed by atoms with Gasteiger partial charge in [0.05, 0.1) is 27.6 Å². The van der Waals surface area contributed by atoms with Gasteiger partial charge in [0.15, 0.2) is 17.8 Å². The Balaban J connectivity index is 0.000000160. The number of carbonyl (C=O) groups excluding carboxylic acids is 1. The molecule has 10 aromatic heterocycles. The van der Waals surface area contributed by atoms with Gasteiger partial charge in [-0.25, -0.2) is 44.3 Å². The van der Waals surface area contributed by atoms with Gasteiger partial charge in [-0.2, -0.15) is 0 Å². The van der Waals surface area contributed by atoms with Crippen LogP contribution < -0.4 is 16.6 Å². The summed E-state index contributed by atoms with van der Waals surface area (Å²) < 4.78 is 19.5. The normalized spacial score (nSPS) is 10.2. The van der Waals surface area contributed by atoms with Crippen LogP contribution in [-0.2, 0) is 0 Å². The van der Waals surface area contributed by atoms with E-state index in [1.54, 1.807) is 18.6 Å². The molecule has 0 aliphatic carbocycles. The van der Waals surface area contributed by atoms with Crippen molar-refractivity contribution >= 4 is 94.5 Å². The van der Waals surface area contributed by atoms with E-state index in [9.17, 15) is 19.2 Å². The minimum atomic E-state index is -1.76. The molecule has 0 radical (unpaired) electrons. The van der Waals surface area contributed by atoms with E-state index in [0.29, 0.717) is 51.2 Å². The zero-order valence-electron chi connectivity index (χ0n) is 35.0. The van der Waals surface area contributed by atoms with Gasteiger partial charge in [-0.3, -0.25) is 4.79 Å². The first-order chi connectivity index (χ1) is 32.6. The number of H-pyrrole nitrogens is 3. The second-order valence-electron chi connectivity index (χ2n) is 13.0. The molecule has 0 unspecified atom stereocenters. The zero-order valence-corrected chi connectivity index (χ0v) is 35.8. The molecule has 10 rings (SSSR count). The van der Waals surface area contributed by atoms with Crippen molar-refractivity contribution < 1.29 is 72.3 Å². The summed E-state index contributed by atoms with van der Waals surface area (Å²) in [7, 11) is 0.344. The number of carboxylic acids is 3. The summed E-state index contributed by atoms with van der Waals surface area (Å²) in [6, 6.07) is 10.7. The fraction of sp³-hybridized carbons (Fsp3) is 0.0500. The molecule has 10 heterocycles. The summed E-state index contributed by atoms with van der Waals surface area (Å²) >= 11 is 5.73. The lowest BCUT2D eigenvalue weighted by atomic mass is 9.87. The Labute approximate surface area is 385 Å². The van der Waals surface area contributed by atoms with Crippen molar-refractivity contribution in [3.8, 4) is 22.9 Å². The van der Waals surface area contributed by atoms with E-state index in [1.807, 2.05) is 32.3 Å². The van der Waals surface area contributed by atoms with Gasteiger partial charge in [0.25, 0.3) is 0 Å². The standard InChI is InChI=1S/2C11H7N3O3.C6H4ClN3.C5H5BO5.C5H5BO4.C2H7N/c2*15-11(16)6-3-8(17-4-6)9-7-1-2-12-10(7)14-5-13-9;7-5-4-1-2-8-6(4)10-3-9-5;7-5(8)3-1-4(6(9)10)11-2-3;7-2-4-1-5(6(8)9)10-3-4;1-3-2/h2*1-5H,(H,15,16)(H,12,13,14);1-3H,(H,8,9,10);1-2,9-10H,(H,7,8);1-3,8-9H;3H,1-2H3. The minimum absolute atomic E-state index is 0.0258. The van der Waals surface area contributed by atoms with E-state index in [2.05, 4.69) is 59.0 Å². The molecule has 0 saturated carbocycles. The number of furan rings is 4. The van der Waals surface area contributed by atoms with Gasteiger partial charge in [-0.15, -0.1) is 0 Å². The molecule has 0 bridgehead atoms. The number of rotatable bonds is 8. The van der Waals surface area contributed by atoms with Crippen LogP contribution in [0.25, 0.3) is 56.0 Å². The smallest absolute Gasteiger partial charge is 0.478 e. The van der Waals surface area contributed by atoms with Gasteiger partial charge < -0.3 is 73.4 Å². The van der Waals surface area contributed by atoms with Crippen LogP contribution in [0, 0.1) is 0 Å². The first-order valence-electron chi connectivity index (χ1n) is 19.0. The molecule has 348 valence electrons. The Morgan fingerprint density at radius 1 is 0.574 bits per heavy atom. The Hall–Kier alpha value is -8.72. The van der Waals surface area contributed by atoms with Crippen molar-refractivity contribution in [1.29, 1.82) is 0 Å². The first-order valence-corrected chi connectivity index (χ1v) is 19.3. The molecule has 0 atom stereocenters. The number of aromatic nitrogens is 9. The molecule has 28 heteroatoms. The topological polar surface area (TPSA) is 399 Å². The van der Waals surface area contributed by atoms with Crippen molar-refractivity contribution in [1.82, 2.24) is 50.2 Å². The number of halogens is 1. The van der Waals surface area contributed by atoms with Crippen LogP contribution in [0.5, 0.6) is 0 Å². The van der Waals surface area contributed by atoms with Gasteiger partial charge in [-0.05, 0) is 44.4 Å². The van der Waals surface area contributed by atoms with Crippen molar-refractivity contribution in [3.63, 3.8) is 0 Å². The quantitative estimate of drug-likeness (QED) is 0.0592. The maximum Gasteiger partial charge on any atom is 0.526 e. The molecule has 0 aliphatic rings. The zero-order chi connectivity index (χ0) is 49.3. The Morgan fingerprint density at radius 2 is 0.956 bits per heavy atom. The first kappa shape index (κ1) is 50.3. The molecule has 25 nitrogen and oxygen atoms in total. The summed E-state index contributed by atoms with van der Waals surface area (Å²) in [6.45, 7) is 0. The van der Waals surface area contributed by atoms with Crippen LogP contribution in [0.2, 0.25) is 5.15 Å². The van der Waals surface area contributed by atoms with Gasteiger partial charge >= 0.3 is 32.1 Å². The predicted octanol–water partition coefficient (Wildman–Crippen LogP) is 2.71. The SMILES string of the molecule is CNC.Clc1ncnc2[nH]ccc12.O=C(O)c1coc(-c2ncnc3[nH]ccc23)c1.O=C(O)c1coc(-c2ncnc3[nH]ccc23)c1.O=C(O)c1coc(B(O)O)c1.O=Cc1coc(B(O)O)c1. The fourth-order valence-electron chi connectivity index (χ4n) is 5.29. The number of fused-ring (bicyclic) bond motifs is 3. The van der Waals surface area contributed by atoms with Crippen molar-refractivity contribution in [2.75, 3.05) is 14.1 Å². The Bertz CT molecular complexity index is 3100. The van der Waals surface area contributed by atoms with Crippen LogP contribution in [0.1, 0.15) is 41.4 Å². The van der Waals surface area contributed by atoms with E-state index in [0.717, 1.165) is 40.4 Å². The van der Waals surface area contributed by atoms with Gasteiger partial charge in [0.1, 0.15) is 88.8 Å². The van der Waals surface area contributed by atoms with Crippen LogP contribution in [0.15, 0.2) is 123 Å². The minimum Gasteiger partial charge on any atom is -0.478 e. The highest BCUT2D eigenvalue weighted by Gasteiger charge is 2.19. The van der Waals surface area contributed by atoms with Crippen LogP contribution in [0.4, 0.5) is 0 Å². The molecule has 0 aromatic carbocycles. The summed E-state index contributed by atoms with van der Waals surface area (Å²) in [5.74, 6) is -2.40. The molecule has 68 heavy (non-hydrogen) atoms. The third-order valence-electron chi connectivity index (χ3n) is 8.32. The largest absolute Gasteiger partial charge is 0.526 e. The predicted molar refractivity (Wildman–Crippen MR) is 240 cm³/mol. The highest BCUT2D eigenvalue weighted by molar-refractivity contribution is 6.57. The van der Waals surface area contributed by atoms with Crippen LogP contribution >= 0.6 is 11.6 Å². The number of carbonyl (C=O) groups is 4. The number of hydrogen-bond donors (Lipinski definition) is 11. The highest BCUT2D eigenvalue weighted by atomic mass is 35.5. The van der Waals surface area contributed by atoms with Crippen molar-refractivity contribution in [2.45, 2.75) is 0 Å². The van der Waals surface area contributed by atoms with Gasteiger partial charge in [0, 0.05) is 41.5 Å². The van der Waals surface area contributed by atoms with E-state index < -0.39 is 32.1 Å². The molecule has 11 N–H and O–H groups in total. The average Bonchev–Trinajstić information content (AvgIpc) is 4.18. The molecular formula is C40H35B2ClN10O15. The number of aldehydes is 1. The second kappa shape index (κ2) is 24.0. The van der Waals surface area contributed by atoms with Crippen LogP contribution in [0.3, 0.4) is 0 Å². The third-order valence-corrected chi connectivity index (χ3v) is 8.63. The lowest BCUT2D eigenvalue weighted by molar-refractivity contribution is 0.0685. The second-order valence-corrected chi connectivity index (χ2v) is 13.4. The molecule has 0 saturated heterocycles. The fourth-order valence-corrected chi connectivity index (χ4v) is 5.49. The average molecular weight is 953 g/mol. The van der Waals surface area contributed by atoms with E-state index >= 15 is 0 Å². The number of hydrogen-bond acceptors (Lipinski definition) is 19. The molecule has 0 aliphatic heterocycles. The summed E-state index contributed by atoms with van der Waals surface area (Å²) in [6.07, 6.45) is 14.5. The van der Waals surface area contributed by atoms with Crippen molar-refractivity contribution in [2.24, 2.45) is 0 Å². The number of nitrogens with one attached hydrogen (secondary N) is 4. The van der Waals surface area contributed by atoms with Gasteiger partial charge in [-0.1, -0.05) is 11.6 Å². The van der Waals surface area contributed by atoms with Crippen molar-refractivity contribution in [3.05, 3.63) is 132 Å². The molecular weight excluding hydrogens is 918 g/mol. The van der Waals surface area contributed by atoms with E-state index in [1.165, 1.54) is 49.7 Å². The Kier molecular flexibility index (Phi) is 17.7. The molecule has 10 aromatic rings. The summed E-state index contributed by atoms with van der Waals surface area (Å²) in [5.41, 5.74) is 3.48. The Morgan fingerprint density at radius 3 is 1.31 bits per heavy atom. The molecule has 0 spiro atoms. The lowest BCUT2D eigenvalue weighted by Gasteiger charge is -1.96. The molecule has 0 fully saturated rings. The lowest BCUT2D eigenvalue weighted by Crippen LogP contribution is -2.28. The molecule has 0 amide bonds. The van der Waals surface area contributed by atoms with Crippen LogP contribution in [-0.4, -0.2) is 133 Å². The maximum absolute atomic E-state index is 10.8. The van der Waals surface area contributed by atoms with E-state index in [-0.39, 0.29) is 28.0 Å².